The number of hydrogen-bond acceptors (Lipinski definition) is 8. The van der Waals surface area contributed by atoms with Gasteiger partial charge in [-0.05, 0) is 54.6 Å². The highest BCUT2D eigenvalue weighted by Crippen LogP contribution is 2.30. The number of halogens is 3. The maximum atomic E-state index is 12.6. The average Bonchev–Trinajstić information content (AvgIpc) is 2.88. The maximum Gasteiger partial charge on any atom is 0.573 e. The molecule has 1 N–H and O–H groups in total. The fourth-order valence-corrected chi connectivity index (χ4v) is 3.95. The summed E-state index contributed by atoms with van der Waals surface area (Å²) in [5.74, 6) is 1.82. The fraction of sp³-hybridized carbons (Fsp3) is 0.120. The van der Waals surface area contributed by atoms with Crippen LogP contribution in [0.5, 0.6) is 11.5 Å². The molecule has 2 heterocycles. The molecule has 0 aliphatic heterocycles. The van der Waals surface area contributed by atoms with Gasteiger partial charge in [-0.3, -0.25) is 9.98 Å². The number of methoxy groups -OCH3 is 1. The molecule has 2 aromatic carbocycles. The molecule has 184 valence electrons. The number of rotatable bonds is 9. The molecule has 0 radical (unpaired) electrons. The van der Waals surface area contributed by atoms with Gasteiger partial charge in [0.2, 0.25) is 0 Å². The number of anilines is 1. The number of pyridine rings is 1. The van der Waals surface area contributed by atoms with E-state index in [-0.39, 0.29) is 5.75 Å². The number of ether oxygens (including phenoxy) is 2. The summed E-state index contributed by atoms with van der Waals surface area (Å²) in [6.45, 7) is 3.53. The molecule has 0 aliphatic rings. The zero-order valence-corrected chi connectivity index (χ0v) is 19.8. The summed E-state index contributed by atoms with van der Waals surface area (Å²) < 4.78 is 47.0. The van der Waals surface area contributed by atoms with E-state index in [9.17, 15) is 13.2 Å². The molecule has 4 aromatic rings. The van der Waals surface area contributed by atoms with Crippen molar-refractivity contribution in [3.05, 3.63) is 78.0 Å². The molecule has 36 heavy (non-hydrogen) atoms. The van der Waals surface area contributed by atoms with Gasteiger partial charge >= 0.3 is 6.36 Å². The van der Waals surface area contributed by atoms with Gasteiger partial charge in [0.15, 0.2) is 5.82 Å². The van der Waals surface area contributed by atoms with Crippen LogP contribution in [0.15, 0.2) is 77.4 Å². The Morgan fingerprint density at radius 1 is 1.11 bits per heavy atom. The predicted octanol–water partition coefficient (Wildman–Crippen LogP) is 6.40. The minimum Gasteiger partial charge on any atom is -0.497 e. The number of thioether (sulfide) groups is 1. The fourth-order valence-electron chi connectivity index (χ4n) is 3.27. The molecule has 7 nitrogen and oxygen atoms in total. The molecule has 0 bridgehead atoms. The first-order valence-electron chi connectivity index (χ1n) is 10.5. The van der Waals surface area contributed by atoms with Crippen molar-refractivity contribution in [2.75, 3.05) is 18.3 Å². The molecule has 0 saturated heterocycles. The molecule has 11 heteroatoms. The molecule has 0 unspecified atom stereocenters. The summed E-state index contributed by atoms with van der Waals surface area (Å²) in [6.07, 6.45) is -1.42. The van der Waals surface area contributed by atoms with Crippen molar-refractivity contribution >= 4 is 40.9 Å². The highest BCUT2D eigenvalue weighted by molar-refractivity contribution is 8.02. The lowest BCUT2D eigenvalue weighted by molar-refractivity contribution is -0.274. The van der Waals surface area contributed by atoms with E-state index < -0.39 is 6.36 Å². The highest BCUT2D eigenvalue weighted by atomic mass is 32.2. The van der Waals surface area contributed by atoms with Crippen molar-refractivity contribution in [3.8, 4) is 22.9 Å². The predicted molar refractivity (Wildman–Crippen MR) is 136 cm³/mol. The number of fused-ring (bicyclic) bond motifs is 1. The Balaban J connectivity index is 1.55. The van der Waals surface area contributed by atoms with E-state index in [2.05, 4.69) is 36.7 Å². The van der Waals surface area contributed by atoms with Crippen LogP contribution in [0.3, 0.4) is 0 Å². The first-order chi connectivity index (χ1) is 17.4. The van der Waals surface area contributed by atoms with Crippen LogP contribution in [0, 0.1) is 0 Å². The van der Waals surface area contributed by atoms with Gasteiger partial charge in [-0.2, -0.15) is 0 Å². The first-order valence-corrected chi connectivity index (χ1v) is 11.6. The van der Waals surface area contributed by atoms with Crippen molar-refractivity contribution in [1.82, 2.24) is 15.0 Å². The molecular formula is C25H20F3N5O2S. The third-order valence-electron chi connectivity index (χ3n) is 4.87. The summed E-state index contributed by atoms with van der Waals surface area (Å²) in [6, 6.07) is 14.8. The second kappa shape index (κ2) is 11.1. The van der Waals surface area contributed by atoms with Crippen LogP contribution in [0.1, 0.15) is 5.56 Å². The van der Waals surface area contributed by atoms with Crippen molar-refractivity contribution in [2.45, 2.75) is 6.36 Å². The second-order valence-corrected chi connectivity index (χ2v) is 8.10. The first kappa shape index (κ1) is 25.0. The van der Waals surface area contributed by atoms with E-state index in [1.807, 2.05) is 30.3 Å². The van der Waals surface area contributed by atoms with Gasteiger partial charge in [0.25, 0.3) is 0 Å². The largest absolute Gasteiger partial charge is 0.573 e. The standard InChI is InChI=1S/C25H20F3N5O2S/c1-29-22(16-5-3-7-19(11-16)35-25(26,27)28)14-36-15-31-24-20-12-18(34-2)8-9-21(20)32-23(33-24)17-6-4-10-30-13-17/h3-14H,1,15H2,2H3,(H,31,32,33)/b22-14-. The molecule has 2 aromatic heterocycles. The lowest BCUT2D eigenvalue weighted by Crippen LogP contribution is -2.17. The quantitative estimate of drug-likeness (QED) is 0.158. The minimum atomic E-state index is -4.78. The van der Waals surface area contributed by atoms with E-state index in [0.717, 1.165) is 16.5 Å². The zero-order valence-electron chi connectivity index (χ0n) is 19.0. The normalized spacial score (nSPS) is 11.8. The molecule has 0 spiro atoms. The van der Waals surface area contributed by atoms with E-state index in [0.29, 0.717) is 34.5 Å². The number of benzene rings is 2. The molecule has 0 saturated carbocycles. The monoisotopic (exact) mass is 511 g/mol. The lowest BCUT2D eigenvalue weighted by atomic mass is 10.2. The van der Waals surface area contributed by atoms with Gasteiger partial charge < -0.3 is 14.8 Å². The van der Waals surface area contributed by atoms with Crippen molar-refractivity contribution in [1.29, 1.82) is 0 Å². The molecule has 0 aliphatic carbocycles. The minimum absolute atomic E-state index is 0.331. The van der Waals surface area contributed by atoms with E-state index in [4.69, 9.17) is 4.74 Å². The van der Waals surface area contributed by atoms with Gasteiger partial charge in [0.1, 0.15) is 17.3 Å². The van der Waals surface area contributed by atoms with Crippen LogP contribution in [0.2, 0.25) is 0 Å². The number of alkyl halides is 3. The maximum absolute atomic E-state index is 12.6. The Bertz CT molecular complexity index is 1400. The van der Waals surface area contributed by atoms with Crippen LogP contribution in [-0.4, -0.2) is 41.0 Å². The number of hydrogen-bond donors (Lipinski definition) is 1. The summed E-state index contributed by atoms with van der Waals surface area (Å²) in [7, 11) is 1.58. The molecule has 0 fully saturated rings. The zero-order chi connectivity index (χ0) is 25.5. The molecule has 0 atom stereocenters. The van der Waals surface area contributed by atoms with Gasteiger partial charge in [0, 0.05) is 28.9 Å². The third kappa shape index (κ3) is 6.30. The van der Waals surface area contributed by atoms with Crippen molar-refractivity contribution in [2.24, 2.45) is 4.99 Å². The summed E-state index contributed by atoms with van der Waals surface area (Å²) in [5.41, 5.74) is 2.34. The van der Waals surface area contributed by atoms with E-state index in [1.54, 1.807) is 31.0 Å². The summed E-state index contributed by atoms with van der Waals surface area (Å²) in [4.78, 5) is 17.4. The Morgan fingerprint density at radius 2 is 1.97 bits per heavy atom. The molecular weight excluding hydrogens is 491 g/mol. The highest BCUT2D eigenvalue weighted by Gasteiger charge is 2.31. The average molecular weight is 512 g/mol. The summed E-state index contributed by atoms with van der Waals surface area (Å²) in [5, 5.41) is 5.74. The second-order valence-electron chi connectivity index (χ2n) is 7.25. The van der Waals surface area contributed by atoms with Crippen molar-refractivity contribution < 1.29 is 22.6 Å². The lowest BCUT2D eigenvalue weighted by Gasteiger charge is -2.12. The number of aliphatic imine (C=N–C) groups is 1. The van der Waals surface area contributed by atoms with E-state index in [1.165, 1.54) is 30.0 Å². The third-order valence-corrected chi connectivity index (χ3v) is 5.58. The Kier molecular flexibility index (Phi) is 7.69. The van der Waals surface area contributed by atoms with E-state index >= 15 is 0 Å². The Labute approximate surface area is 209 Å². The van der Waals surface area contributed by atoms with Crippen LogP contribution in [0.4, 0.5) is 19.0 Å². The SMILES string of the molecule is C=N/C(=C\SCNc1nc(-c2cccnc2)nc2ccc(OC)cc12)c1cccc(OC(F)(F)F)c1. The van der Waals surface area contributed by atoms with Gasteiger partial charge in [-0.1, -0.05) is 12.1 Å². The molecule has 4 rings (SSSR count). The number of nitrogens with zero attached hydrogens (tertiary/aromatic N) is 4. The van der Waals surface area contributed by atoms with Crippen molar-refractivity contribution in [3.63, 3.8) is 0 Å². The van der Waals surface area contributed by atoms with Crippen LogP contribution in [-0.2, 0) is 0 Å². The summed E-state index contributed by atoms with van der Waals surface area (Å²) >= 11 is 1.34. The Hall–Kier alpha value is -4.12. The molecule has 0 amide bonds. The van der Waals surface area contributed by atoms with Crippen LogP contribution < -0.4 is 14.8 Å². The van der Waals surface area contributed by atoms with Crippen LogP contribution in [0.25, 0.3) is 28.0 Å². The smallest absolute Gasteiger partial charge is 0.497 e. The number of nitrogens with one attached hydrogen (secondary N) is 1. The van der Waals surface area contributed by atoms with Gasteiger partial charge in [-0.15, -0.1) is 24.9 Å². The van der Waals surface area contributed by atoms with Gasteiger partial charge in [-0.25, -0.2) is 9.97 Å². The van der Waals surface area contributed by atoms with Crippen LogP contribution >= 0.6 is 11.8 Å². The van der Waals surface area contributed by atoms with Gasteiger partial charge in [0.05, 0.1) is 24.2 Å². The Morgan fingerprint density at radius 3 is 2.69 bits per heavy atom. The number of aromatic nitrogens is 3. The topological polar surface area (TPSA) is 81.5 Å².